The van der Waals surface area contributed by atoms with Crippen molar-refractivity contribution in [3.05, 3.63) is 0 Å². The molecule has 2 saturated carbocycles. The first-order chi connectivity index (χ1) is 8.71. The number of hydrogen-bond acceptors (Lipinski definition) is 1. The zero-order chi connectivity index (χ0) is 12.8. The van der Waals surface area contributed by atoms with E-state index in [4.69, 9.17) is 5.73 Å². The first kappa shape index (κ1) is 14.4. The molecule has 0 saturated heterocycles. The standard InChI is InChI=1S/C17H33N/c1-15-9-5-3-2-4-6-11-16(12-8-7-10-15)17(18)13-14-17/h15-16H,2-14,18H2,1H3. The number of rotatable bonds is 1. The third kappa shape index (κ3) is 4.57. The molecule has 0 aromatic heterocycles. The predicted molar refractivity (Wildman–Crippen MR) is 79.6 cm³/mol. The summed E-state index contributed by atoms with van der Waals surface area (Å²) in [6, 6.07) is 0. The first-order valence-electron chi connectivity index (χ1n) is 8.49. The van der Waals surface area contributed by atoms with E-state index in [0.29, 0.717) is 0 Å². The van der Waals surface area contributed by atoms with Crippen molar-refractivity contribution < 1.29 is 0 Å². The molecule has 2 rings (SSSR count). The maximum atomic E-state index is 6.46. The lowest BCUT2D eigenvalue weighted by Crippen LogP contribution is -2.32. The van der Waals surface area contributed by atoms with Crippen LogP contribution in [-0.4, -0.2) is 5.54 Å². The highest BCUT2D eigenvalue weighted by Gasteiger charge is 2.44. The smallest absolute Gasteiger partial charge is 0.0184 e. The summed E-state index contributed by atoms with van der Waals surface area (Å²) >= 11 is 0. The van der Waals surface area contributed by atoms with Gasteiger partial charge in [0, 0.05) is 5.54 Å². The van der Waals surface area contributed by atoms with Crippen LogP contribution < -0.4 is 5.73 Å². The summed E-state index contributed by atoms with van der Waals surface area (Å²) in [5, 5.41) is 0. The second-order valence-corrected chi connectivity index (χ2v) is 7.16. The molecule has 106 valence electrons. The molecule has 2 aliphatic carbocycles. The fraction of sp³-hybridized carbons (Fsp3) is 1.00. The van der Waals surface area contributed by atoms with Gasteiger partial charge in [-0.15, -0.1) is 0 Å². The minimum absolute atomic E-state index is 0.270. The van der Waals surface area contributed by atoms with Gasteiger partial charge in [0.25, 0.3) is 0 Å². The molecule has 18 heavy (non-hydrogen) atoms. The van der Waals surface area contributed by atoms with Gasteiger partial charge in [-0.25, -0.2) is 0 Å². The maximum Gasteiger partial charge on any atom is 0.0184 e. The maximum absolute atomic E-state index is 6.46. The van der Waals surface area contributed by atoms with Crippen LogP contribution in [0, 0.1) is 11.8 Å². The molecule has 0 aromatic rings. The molecule has 1 nitrogen and oxygen atoms in total. The summed E-state index contributed by atoms with van der Waals surface area (Å²) in [5.41, 5.74) is 6.73. The van der Waals surface area contributed by atoms with Crippen molar-refractivity contribution in [1.29, 1.82) is 0 Å². The minimum Gasteiger partial charge on any atom is -0.325 e. The van der Waals surface area contributed by atoms with Gasteiger partial charge in [0.05, 0.1) is 0 Å². The van der Waals surface area contributed by atoms with E-state index in [-0.39, 0.29) is 5.54 Å². The van der Waals surface area contributed by atoms with Crippen LogP contribution >= 0.6 is 0 Å². The molecule has 2 aliphatic rings. The molecule has 0 bridgehead atoms. The van der Waals surface area contributed by atoms with Crippen LogP contribution in [0.3, 0.4) is 0 Å². The molecule has 0 radical (unpaired) electrons. The van der Waals surface area contributed by atoms with Gasteiger partial charge in [0.15, 0.2) is 0 Å². The van der Waals surface area contributed by atoms with Crippen LogP contribution in [0.5, 0.6) is 0 Å². The van der Waals surface area contributed by atoms with Gasteiger partial charge in [-0.05, 0) is 37.5 Å². The normalized spacial score (nSPS) is 35.0. The molecule has 1 heteroatoms. The van der Waals surface area contributed by atoms with Gasteiger partial charge in [-0.1, -0.05) is 64.7 Å². The molecule has 0 aliphatic heterocycles. The van der Waals surface area contributed by atoms with E-state index in [1.807, 2.05) is 0 Å². The fourth-order valence-electron chi connectivity index (χ4n) is 3.71. The molecule has 0 amide bonds. The number of hydrogen-bond donors (Lipinski definition) is 1. The summed E-state index contributed by atoms with van der Waals surface area (Å²) in [6.45, 7) is 2.45. The van der Waals surface area contributed by atoms with E-state index in [9.17, 15) is 0 Å². The Balaban J connectivity index is 1.79. The summed E-state index contributed by atoms with van der Waals surface area (Å²) in [5.74, 6) is 1.80. The summed E-state index contributed by atoms with van der Waals surface area (Å²) in [7, 11) is 0. The van der Waals surface area contributed by atoms with Gasteiger partial charge in [0.1, 0.15) is 0 Å². The molecule has 0 aromatic carbocycles. The molecular formula is C17H33N. The molecule has 0 spiro atoms. The Morgan fingerprint density at radius 3 is 1.78 bits per heavy atom. The van der Waals surface area contributed by atoms with E-state index in [0.717, 1.165) is 11.8 Å². The molecule has 0 heterocycles. The minimum atomic E-state index is 0.270. The topological polar surface area (TPSA) is 26.0 Å². The van der Waals surface area contributed by atoms with Gasteiger partial charge < -0.3 is 5.73 Å². The third-order valence-corrected chi connectivity index (χ3v) is 5.39. The van der Waals surface area contributed by atoms with Gasteiger partial charge in [-0.3, -0.25) is 0 Å². The second-order valence-electron chi connectivity index (χ2n) is 7.16. The SMILES string of the molecule is CC1CCCCCCCC(C2(N)CC2)CCCC1. The Kier molecular flexibility index (Phi) is 5.54. The predicted octanol–water partition coefficient (Wildman–Crippen LogP) is 5.03. The molecular weight excluding hydrogens is 218 g/mol. The summed E-state index contributed by atoms with van der Waals surface area (Å²) in [6.07, 6.45) is 18.4. The van der Waals surface area contributed by atoms with Crippen LogP contribution in [-0.2, 0) is 0 Å². The molecule has 2 N–H and O–H groups in total. The van der Waals surface area contributed by atoms with Crippen LogP contribution in [0.1, 0.15) is 90.4 Å². The second kappa shape index (κ2) is 6.93. The van der Waals surface area contributed by atoms with Crippen LogP contribution in [0.2, 0.25) is 0 Å². The Labute approximate surface area is 114 Å². The fourth-order valence-corrected chi connectivity index (χ4v) is 3.71. The zero-order valence-corrected chi connectivity index (χ0v) is 12.4. The van der Waals surface area contributed by atoms with E-state index in [1.54, 1.807) is 0 Å². The van der Waals surface area contributed by atoms with Crippen LogP contribution in [0.4, 0.5) is 0 Å². The van der Waals surface area contributed by atoms with Crippen molar-refractivity contribution in [3.63, 3.8) is 0 Å². The highest BCUT2D eigenvalue weighted by molar-refractivity contribution is 5.03. The van der Waals surface area contributed by atoms with E-state index in [2.05, 4.69) is 6.92 Å². The highest BCUT2D eigenvalue weighted by atomic mass is 14.8. The van der Waals surface area contributed by atoms with Crippen LogP contribution in [0.15, 0.2) is 0 Å². The van der Waals surface area contributed by atoms with Crippen molar-refractivity contribution in [3.8, 4) is 0 Å². The Morgan fingerprint density at radius 2 is 1.17 bits per heavy atom. The lowest BCUT2D eigenvalue weighted by atomic mass is 9.86. The number of nitrogens with two attached hydrogens (primary N) is 1. The lowest BCUT2D eigenvalue weighted by molar-refractivity contribution is 0.325. The lowest BCUT2D eigenvalue weighted by Gasteiger charge is -2.23. The van der Waals surface area contributed by atoms with Crippen molar-refractivity contribution in [2.75, 3.05) is 0 Å². The molecule has 2 unspecified atom stereocenters. The summed E-state index contributed by atoms with van der Waals surface area (Å²) in [4.78, 5) is 0. The molecule has 2 atom stereocenters. The molecule has 2 fully saturated rings. The van der Waals surface area contributed by atoms with E-state index < -0.39 is 0 Å². The van der Waals surface area contributed by atoms with Crippen molar-refractivity contribution >= 4 is 0 Å². The van der Waals surface area contributed by atoms with Crippen LogP contribution in [0.25, 0.3) is 0 Å². The Hall–Kier alpha value is -0.0400. The Bertz CT molecular complexity index is 232. The third-order valence-electron chi connectivity index (χ3n) is 5.39. The van der Waals surface area contributed by atoms with E-state index >= 15 is 0 Å². The zero-order valence-electron chi connectivity index (χ0n) is 12.4. The largest absolute Gasteiger partial charge is 0.325 e. The van der Waals surface area contributed by atoms with Gasteiger partial charge >= 0.3 is 0 Å². The van der Waals surface area contributed by atoms with E-state index in [1.165, 1.54) is 83.5 Å². The first-order valence-corrected chi connectivity index (χ1v) is 8.49. The van der Waals surface area contributed by atoms with Crippen molar-refractivity contribution in [1.82, 2.24) is 0 Å². The quantitative estimate of drug-likeness (QED) is 0.694. The summed E-state index contributed by atoms with van der Waals surface area (Å²) < 4.78 is 0. The van der Waals surface area contributed by atoms with Gasteiger partial charge in [-0.2, -0.15) is 0 Å². The Morgan fingerprint density at radius 1 is 0.722 bits per heavy atom. The monoisotopic (exact) mass is 251 g/mol. The van der Waals surface area contributed by atoms with Gasteiger partial charge in [0.2, 0.25) is 0 Å². The van der Waals surface area contributed by atoms with Crippen molar-refractivity contribution in [2.45, 2.75) is 95.9 Å². The highest BCUT2D eigenvalue weighted by Crippen LogP contribution is 2.44. The van der Waals surface area contributed by atoms with Crippen molar-refractivity contribution in [2.24, 2.45) is 17.6 Å². The average Bonchev–Trinajstić information content (AvgIpc) is 3.08. The average molecular weight is 251 g/mol.